The third-order valence-electron chi connectivity index (χ3n) is 4.93. The van der Waals surface area contributed by atoms with Gasteiger partial charge in [-0.05, 0) is 24.3 Å². The molecule has 0 N–H and O–H groups in total. The van der Waals surface area contributed by atoms with Crippen LogP contribution in [0.25, 0.3) is 0 Å². The Morgan fingerprint density at radius 3 is 2.38 bits per heavy atom. The molecule has 174 valence electrons. The van der Waals surface area contributed by atoms with Gasteiger partial charge in [-0.15, -0.1) is 0 Å². The van der Waals surface area contributed by atoms with Crippen LogP contribution >= 0.6 is 11.6 Å². The molecule has 0 radical (unpaired) electrons. The number of hydrogen-bond donors (Lipinski definition) is 0. The Bertz CT molecular complexity index is 1090. The van der Waals surface area contributed by atoms with E-state index in [1.165, 1.54) is 18.2 Å². The maximum absolute atomic E-state index is 13.0. The molecule has 0 spiro atoms. The molecule has 13 heteroatoms. The van der Waals surface area contributed by atoms with Crippen molar-refractivity contribution in [2.24, 2.45) is 0 Å². The molecule has 0 aliphatic carbocycles. The summed E-state index contributed by atoms with van der Waals surface area (Å²) in [7, 11) is -4.21. The second-order valence-corrected chi connectivity index (χ2v) is 9.28. The topological polar surface area (TPSA) is 93.0 Å². The van der Waals surface area contributed by atoms with Gasteiger partial charge in [-0.1, -0.05) is 23.7 Å². The average molecular weight is 494 g/mol. The molecule has 0 atom stereocenters. The zero-order valence-electron chi connectivity index (χ0n) is 16.6. The zero-order valence-corrected chi connectivity index (χ0v) is 18.2. The van der Waals surface area contributed by atoms with Gasteiger partial charge in [-0.2, -0.15) is 17.5 Å². The van der Waals surface area contributed by atoms with Crippen molar-refractivity contribution in [1.82, 2.24) is 9.21 Å². The summed E-state index contributed by atoms with van der Waals surface area (Å²) in [6.07, 6.45) is -4.69. The van der Waals surface area contributed by atoms with Gasteiger partial charge in [0.15, 0.2) is 5.75 Å². The van der Waals surface area contributed by atoms with Crippen LogP contribution in [0.5, 0.6) is 5.75 Å². The molecule has 2 aromatic carbocycles. The lowest BCUT2D eigenvalue weighted by Gasteiger charge is -2.34. The van der Waals surface area contributed by atoms with E-state index in [1.807, 2.05) is 4.90 Å². The van der Waals surface area contributed by atoms with Crippen LogP contribution in [0.3, 0.4) is 0 Å². The van der Waals surface area contributed by atoms with E-state index in [0.717, 1.165) is 16.4 Å². The van der Waals surface area contributed by atoms with E-state index in [0.29, 0.717) is 25.7 Å². The molecule has 2 aromatic rings. The molecule has 1 aliphatic heterocycles. The van der Waals surface area contributed by atoms with Gasteiger partial charge in [0.1, 0.15) is 11.5 Å². The summed E-state index contributed by atoms with van der Waals surface area (Å²) in [4.78, 5) is 11.8. The lowest BCUT2D eigenvalue weighted by Crippen LogP contribution is -2.49. The number of benzene rings is 2. The number of nitro groups is 1. The molecule has 0 saturated carbocycles. The van der Waals surface area contributed by atoms with E-state index in [1.54, 1.807) is 6.07 Å². The molecule has 0 bridgehead atoms. The number of piperazine rings is 1. The molecular formula is C19H19ClF3N3O5S. The smallest absolute Gasteiger partial charge is 0.416 e. The van der Waals surface area contributed by atoms with E-state index >= 15 is 0 Å². The number of alkyl halides is 3. The molecule has 1 saturated heterocycles. The van der Waals surface area contributed by atoms with Crippen LogP contribution in [0, 0.1) is 10.1 Å². The van der Waals surface area contributed by atoms with Gasteiger partial charge in [0.2, 0.25) is 10.0 Å². The standard InChI is InChI=1S/C19H19ClF3N3O5S/c20-15-6-5-14(19(21,22)23)13-18(15)32(29,30)25-9-7-24(8-10-25)11-12-31-17-4-2-1-3-16(17)26(27)28/h1-6,13H,7-12H2. The van der Waals surface area contributed by atoms with Gasteiger partial charge in [0.25, 0.3) is 0 Å². The van der Waals surface area contributed by atoms with Crippen molar-refractivity contribution in [2.45, 2.75) is 11.1 Å². The highest BCUT2D eigenvalue weighted by Gasteiger charge is 2.35. The molecule has 1 heterocycles. The van der Waals surface area contributed by atoms with Crippen molar-refractivity contribution in [3.8, 4) is 5.75 Å². The fraction of sp³-hybridized carbons (Fsp3) is 0.368. The predicted octanol–water partition coefficient (Wildman–Crippen LogP) is 3.65. The van der Waals surface area contributed by atoms with Crippen LogP contribution in [0.4, 0.5) is 18.9 Å². The second kappa shape index (κ2) is 9.61. The fourth-order valence-electron chi connectivity index (χ4n) is 3.22. The van der Waals surface area contributed by atoms with Gasteiger partial charge in [0.05, 0.1) is 15.5 Å². The minimum atomic E-state index is -4.69. The van der Waals surface area contributed by atoms with E-state index in [4.69, 9.17) is 16.3 Å². The fourth-order valence-corrected chi connectivity index (χ4v) is 5.15. The highest BCUT2D eigenvalue weighted by molar-refractivity contribution is 7.89. The van der Waals surface area contributed by atoms with Crippen molar-refractivity contribution in [1.29, 1.82) is 0 Å². The molecule has 1 aliphatic rings. The maximum atomic E-state index is 13.0. The molecule has 0 aromatic heterocycles. The Balaban J connectivity index is 1.59. The first-order chi connectivity index (χ1) is 15.0. The number of para-hydroxylation sites is 2. The van der Waals surface area contributed by atoms with Crippen molar-refractivity contribution in [2.75, 3.05) is 39.3 Å². The van der Waals surface area contributed by atoms with Crippen LogP contribution in [-0.2, 0) is 16.2 Å². The Hall–Kier alpha value is -2.41. The number of nitrogens with zero attached hydrogens (tertiary/aromatic N) is 3. The normalized spacial score (nSPS) is 16.1. The minimum Gasteiger partial charge on any atom is -0.485 e. The van der Waals surface area contributed by atoms with Gasteiger partial charge >= 0.3 is 11.9 Å². The first kappa shape index (κ1) is 24.2. The van der Waals surface area contributed by atoms with Gasteiger partial charge in [0, 0.05) is 38.8 Å². The molecule has 0 amide bonds. The van der Waals surface area contributed by atoms with Gasteiger partial charge < -0.3 is 4.74 Å². The minimum absolute atomic E-state index is 0.0559. The molecule has 0 unspecified atom stereocenters. The van der Waals surface area contributed by atoms with Crippen molar-refractivity contribution in [3.63, 3.8) is 0 Å². The number of halogens is 4. The van der Waals surface area contributed by atoms with Crippen molar-refractivity contribution >= 4 is 27.3 Å². The molecule has 3 rings (SSSR count). The molecule has 32 heavy (non-hydrogen) atoms. The lowest BCUT2D eigenvalue weighted by atomic mass is 10.2. The van der Waals surface area contributed by atoms with E-state index < -0.39 is 31.6 Å². The quantitative estimate of drug-likeness (QED) is 0.432. The van der Waals surface area contributed by atoms with Crippen LogP contribution in [0.2, 0.25) is 5.02 Å². The Morgan fingerprint density at radius 2 is 1.75 bits per heavy atom. The highest BCUT2D eigenvalue weighted by atomic mass is 35.5. The number of hydrogen-bond acceptors (Lipinski definition) is 6. The maximum Gasteiger partial charge on any atom is 0.416 e. The average Bonchev–Trinajstić information content (AvgIpc) is 2.73. The summed E-state index contributed by atoms with van der Waals surface area (Å²) >= 11 is 5.89. The van der Waals surface area contributed by atoms with Gasteiger partial charge in [-0.3, -0.25) is 15.0 Å². The van der Waals surface area contributed by atoms with Crippen LogP contribution < -0.4 is 4.74 Å². The largest absolute Gasteiger partial charge is 0.485 e. The summed E-state index contributed by atoms with van der Waals surface area (Å²) in [5.41, 5.74) is -1.24. The summed E-state index contributed by atoms with van der Waals surface area (Å²) in [6, 6.07) is 8.17. The Kier molecular flexibility index (Phi) is 7.28. The summed E-state index contributed by atoms with van der Waals surface area (Å²) in [5.74, 6) is 0.137. The second-order valence-electron chi connectivity index (χ2n) is 6.96. The summed E-state index contributed by atoms with van der Waals surface area (Å²) < 4.78 is 71.3. The number of sulfonamides is 1. The number of ether oxygens (including phenoxy) is 1. The Labute approximate surface area is 187 Å². The predicted molar refractivity (Wildman–Crippen MR) is 110 cm³/mol. The van der Waals surface area contributed by atoms with Gasteiger partial charge in [-0.25, -0.2) is 8.42 Å². The van der Waals surface area contributed by atoms with E-state index in [-0.39, 0.29) is 36.2 Å². The van der Waals surface area contributed by atoms with Crippen LogP contribution in [-0.4, -0.2) is 61.9 Å². The molecular weight excluding hydrogens is 475 g/mol. The van der Waals surface area contributed by atoms with E-state index in [9.17, 15) is 31.7 Å². The highest BCUT2D eigenvalue weighted by Crippen LogP contribution is 2.34. The molecule has 8 nitrogen and oxygen atoms in total. The van der Waals surface area contributed by atoms with Crippen molar-refractivity contribution in [3.05, 3.63) is 63.2 Å². The lowest BCUT2D eigenvalue weighted by molar-refractivity contribution is -0.385. The SMILES string of the molecule is O=[N+]([O-])c1ccccc1OCCN1CCN(S(=O)(=O)c2cc(C(F)(F)F)ccc2Cl)CC1. The zero-order chi connectivity index (χ0) is 23.5. The third-order valence-corrected chi connectivity index (χ3v) is 7.31. The summed E-state index contributed by atoms with van der Waals surface area (Å²) in [5, 5.41) is 10.7. The summed E-state index contributed by atoms with van der Waals surface area (Å²) in [6.45, 7) is 1.29. The Morgan fingerprint density at radius 1 is 1.09 bits per heavy atom. The van der Waals surface area contributed by atoms with Crippen molar-refractivity contribution < 1.29 is 31.2 Å². The third kappa shape index (κ3) is 5.49. The number of rotatable bonds is 7. The monoisotopic (exact) mass is 493 g/mol. The molecule has 1 fully saturated rings. The van der Waals surface area contributed by atoms with Crippen LogP contribution in [0.15, 0.2) is 47.4 Å². The van der Waals surface area contributed by atoms with Crippen LogP contribution in [0.1, 0.15) is 5.56 Å². The van der Waals surface area contributed by atoms with E-state index in [2.05, 4.69) is 0 Å². The first-order valence-electron chi connectivity index (χ1n) is 9.45. The first-order valence-corrected chi connectivity index (χ1v) is 11.3. The number of nitro benzene ring substituents is 1.